The molecule has 2 aromatic heterocycles. The van der Waals surface area contributed by atoms with E-state index in [1.807, 2.05) is 18.2 Å². The first-order chi connectivity index (χ1) is 14.0. The van der Waals surface area contributed by atoms with Crippen molar-refractivity contribution in [2.75, 3.05) is 0 Å². The van der Waals surface area contributed by atoms with Gasteiger partial charge in [0.05, 0.1) is 17.5 Å². The zero-order valence-corrected chi connectivity index (χ0v) is 16.8. The van der Waals surface area contributed by atoms with Crippen molar-refractivity contribution in [1.82, 2.24) is 15.1 Å². The summed E-state index contributed by atoms with van der Waals surface area (Å²) >= 11 is 0. The molecule has 0 fully saturated rings. The standard InChI is InChI=1S/C24H23N3O2/c1-17-4-6-19(7-5-17)24(2,3)20-8-10-22(11-9-20)28-16-21-12-13-25-23(27-21)18-14-26-29-15-18/h4-15H,16H2,1-3H3. The van der Waals surface area contributed by atoms with Crippen LogP contribution in [0.15, 0.2) is 77.8 Å². The van der Waals surface area contributed by atoms with E-state index < -0.39 is 0 Å². The monoisotopic (exact) mass is 385 g/mol. The molecule has 0 aliphatic rings. The molecule has 0 aliphatic heterocycles. The Morgan fingerprint density at radius 1 is 0.931 bits per heavy atom. The molecule has 0 atom stereocenters. The van der Waals surface area contributed by atoms with Gasteiger partial charge in [0.1, 0.15) is 18.6 Å². The molecule has 0 N–H and O–H groups in total. The SMILES string of the molecule is Cc1ccc(C(C)(C)c2ccc(OCc3ccnc(-c4cnoc4)n3)cc2)cc1. The maximum Gasteiger partial charge on any atom is 0.164 e. The Labute approximate surface area is 170 Å². The molecule has 29 heavy (non-hydrogen) atoms. The van der Waals surface area contributed by atoms with E-state index in [0.717, 1.165) is 17.0 Å². The Hall–Kier alpha value is -3.47. The second-order valence-electron chi connectivity index (χ2n) is 7.59. The van der Waals surface area contributed by atoms with Crippen LogP contribution in [-0.4, -0.2) is 15.1 Å². The van der Waals surface area contributed by atoms with E-state index in [1.165, 1.54) is 23.0 Å². The highest BCUT2D eigenvalue weighted by molar-refractivity contribution is 5.50. The molecule has 5 nitrogen and oxygen atoms in total. The number of aromatic nitrogens is 3. The molecular weight excluding hydrogens is 362 g/mol. The van der Waals surface area contributed by atoms with E-state index in [0.29, 0.717) is 12.4 Å². The zero-order chi connectivity index (χ0) is 20.3. The molecule has 0 saturated carbocycles. The van der Waals surface area contributed by atoms with Gasteiger partial charge in [0.2, 0.25) is 0 Å². The van der Waals surface area contributed by atoms with Crippen LogP contribution in [0.4, 0.5) is 0 Å². The predicted molar refractivity (Wildman–Crippen MR) is 112 cm³/mol. The molecule has 0 aliphatic carbocycles. The maximum atomic E-state index is 5.92. The van der Waals surface area contributed by atoms with Crippen molar-refractivity contribution in [3.05, 3.63) is 95.6 Å². The fourth-order valence-electron chi connectivity index (χ4n) is 3.19. The minimum absolute atomic E-state index is 0.0770. The lowest BCUT2D eigenvalue weighted by Gasteiger charge is -2.26. The van der Waals surface area contributed by atoms with Crippen molar-refractivity contribution < 1.29 is 9.26 Å². The Morgan fingerprint density at radius 2 is 1.62 bits per heavy atom. The van der Waals surface area contributed by atoms with Gasteiger partial charge in [-0.1, -0.05) is 61.0 Å². The van der Waals surface area contributed by atoms with Crippen LogP contribution in [0.2, 0.25) is 0 Å². The number of aryl methyl sites for hydroxylation is 1. The third kappa shape index (κ3) is 4.19. The van der Waals surface area contributed by atoms with E-state index in [9.17, 15) is 0 Å². The average Bonchev–Trinajstić information content (AvgIpc) is 3.28. The largest absolute Gasteiger partial charge is 0.487 e. The second kappa shape index (κ2) is 7.87. The van der Waals surface area contributed by atoms with E-state index in [4.69, 9.17) is 9.26 Å². The van der Waals surface area contributed by atoms with Crippen molar-refractivity contribution in [1.29, 1.82) is 0 Å². The van der Waals surface area contributed by atoms with Gasteiger partial charge in [0, 0.05) is 11.6 Å². The first kappa shape index (κ1) is 18.9. The van der Waals surface area contributed by atoms with Gasteiger partial charge in [-0.3, -0.25) is 0 Å². The summed E-state index contributed by atoms with van der Waals surface area (Å²) < 4.78 is 10.8. The second-order valence-corrected chi connectivity index (χ2v) is 7.59. The minimum atomic E-state index is -0.0770. The topological polar surface area (TPSA) is 61.0 Å². The molecule has 0 amide bonds. The Kier molecular flexibility index (Phi) is 5.12. The summed E-state index contributed by atoms with van der Waals surface area (Å²) in [5, 5.41) is 3.69. The summed E-state index contributed by atoms with van der Waals surface area (Å²) in [7, 11) is 0. The molecule has 0 radical (unpaired) electrons. The summed E-state index contributed by atoms with van der Waals surface area (Å²) in [5.74, 6) is 1.38. The van der Waals surface area contributed by atoms with Gasteiger partial charge in [-0.05, 0) is 36.2 Å². The molecule has 4 rings (SSSR count). The molecule has 2 heterocycles. The van der Waals surface area contributed by atoms with Crippen molar-refractivity contribution in [2.45, 2.75) is 32.8 Å². The van der Waals surface area contributed by atoms with Gasteiger partial charge in [-0.15, -0.1) is 0 Å². The Bertz CT molecular complexity index is 1070. The molecular formula is C24H23N3O2. The van der Waals surface area contributed by atoms with Gasteiger partial charge < -0.3 is 9.26 Å². The van der Waals surface area contributed by atoms with Gasteiger partial charge in [0.15, 0.2) is 5.82 Å². The Balaban J connectivity index is 1.45. The average molecular weight is 385 g/mol. The van der Waals surface area contributed by atoms with Crippen molar-refractivity contribution in [2.24, 2.45) is 0 Å². The normalized spacial score (nSPS) is 11.4. The summed E-state index contributed by atoms with van der Waals surface area (Å²) in [5.41, 5.74) is 5.26. The highest BCUT2D eigenvalue weighted by Gasteiger charge is 2.22. The molecule has 0 saturated heterocycles. The van der Waals surface area contributed by atoms with Crippen LogP contribution in [0.3, 0.4) is 0 Å². The first-order valence-electron chi connectivity index (χ1n) is 9.54. The predicted octanol–water partition coefficient (Wildman–Crippen LogP) is 5.34. The number of hydrogen-bond donors (Lipinski definition) is 0. The summed E-state index contributed by atoms with van der Waals surface area (Å²) in [6.07, 6.45) is 4.82. The van der Waals surface area contributed by atoms with Gasteiger partial charge in [-0.2, -0.15) is 0 Å². The van der Waals surface area contributed by atoms with Crippen LogP contribution in [0.1, 0.15) is 36.2 Å². The van der Waals surface area contributed by atoms with E-state index in [2.05, 4.69) is 72.3 Å². The maximum absolute atomic E-state index is 5.92. The molecule has 0 unspecified atom stereocenters. The number of ether oxygens (including phenoxy) is 1. The van der Waals surface area contributed by atoms with Crippen LogP contribution in [0.25, 0.3) is 11.4 Å². The summed E-state index contributed by atoms with van der Waals surface area (Å²) in [4.78, 5) is 8.74. The van der Waals surface area contributed by atoms with Crippen LogP contribution < -0.4 is 4.74 Å². The minimum Gasteiger partial charge on any atom is -0.487 e. The lowest BCUT2D eigenvalue weighted by molar-refractivity contribution is 0.301. The van der Waals surface area contributed by atoms with Crippen molar-refractivity contribution in [3.63, 3.8) is 0 Å². The van der Waals surface area contributed by atoms with E-state index in [1.54, 1.807) is 12.4 Å². The third-order valence-corrected chi connectivity index (χ3v) is 5.14. The van der Waals surface area contributed by atoms with Gasteiger partial charge in [-0.25, -0.2) is 9.97 Å². The highest BCUT2D eigenvalue weighted by atomic mass is 16.5. The summed E-state index contributed by atoms with van der Waals surface area (Å²) in [6, 6.07) is 18.8. The number of nitrogens with zero attached hydrogens (tertiary/aromatic N) is 3. The molecule has 5 heteroatoms. The zero-order valence-electron chi connectivity index (χ0n) is 16.8. The molecule has 4 aromatic rings. The number of benzene rings is 2. The Morgan fingerprint density at radius 3 is 2.28 bits per heavy atom. The van der Waals surface area contributed by atoms with Crippen molar-refractivity contribution in [3.8, 4) is 17.1 Å². The van der Waals surface area contributed by atoms with Crippen LogP contribution in [-0.2, 0) is 12.0 Å². The first-order valence-corrected chi connectivity index (χ1v) is 9.54. The highest BCUT2D eigenvalue weighted by Crippen LogP contribution is 2.32. The lowest BCUT2D eigenvalue weighted by atomic mass is 9.78. The molecule has 0 spiro atoms. The van der Waals surface area contributed by atoms with Crippen LogP contribution in [0, 0.1) is 6.92 Å². The van der Waals surface area contributed by atoms with Gasteiger partial charge in [0.25, 0.3) is 0 Å². The van der Waals surface area contributed by atoms with E-state index >= 15 is 0 Å². The smallest absolute Gasteiger partial charge is 0.164 e. The third-order valence-electron chi connectivity index (χ3n) is 5.14. The van der Waals surface area contributed by atoms with E-state index in [-0.39, 0.29) is 5.41 Å². The lowest BCUT2D eigenvalue weighted by Crippen LogP contribution is -2.18. The molecule has 146 valence electrons. The summed E-state index contributed by atoms with van der Waals surface area (Å²) in [6.45, 7) is 6.94. The number of rotatable bonds is 6. The molecule has 2 aromatic carbocycles. The van der Waals surface area contributed by atoms with Crippen LogP contribution in [0.5, 0.6) is 5.75 Å². The fraction of sp³-hybridized carbons (Fsp3) is 0.208. The fourth-order valence-corrected chi connectivity index (χ4v) is 3.19. The van der Waals surface area contributed by atoms with Gasteiger partial charge >= 0.3 is 0 Å². The van der Waals surface area contributed by atoms with Crippen LogP contribution >= 0.6 is 0 Å². The molecule has 0 bridgehead atoms. The number of hydrogen-bond acceptors (Lipinski definition) is 5. The quantitative estimate of drug-likeness (QED) is 0.448. The van der Waals surface area contributed by atoms with Crippen molar-refractivity contribution >= 4 is 0 Å².